The number of halogens is 1. The van der Waals surface area contributed by atoms with Crippen LogP contribution in [-0.4, -0.2) is 59.7 Å². The lowest BCUT2D eigenvalue weighted by Gasteiger charge is -2.35. The first-order valence-electron chi connectivity index (χ1n) is 11.9. The van der Waals surface area contributed by atoms with Crippen molar-refractivity contribution in [1.82, 2.24) is 20.0 Å². The largest absolute Gasteiger partial charge is 0.367 e. The molecule has 0 aliphatic carbocycles. The zero-order valence-electron chi connectivity index (χ0n) is 20.7. The molecule has 7 nitrogen and oxygen atoms in total. The number of anilines is 1. The Morgan fingerprint density at radius 1 is 1.16 bits per heavy atom. The molecular weight excluding hydrogens is 409 g/mol. The van der Waals surface area contributed by atoms with E-state index in [0.29, 0.717) is 29.6 Å². The number of benzene rings is 1. The number of amides is 2. The Morgan fingerprint density at radius 2 is 1.78 bits per heavy atom. The number of likely N-dealkylation sites (N-methyl/N-ethyl adjacent to an activating group) is 1. The second-order valence-corrected chi connectivity index (χ2v) is 7.22. The minimum atomic E-state index is -0.586. The Kier molecular flexibility index (Phi) is 11.9. The van der Waals surface area contributed by atoms with Crippen molar-refractivity contribution in [2.75, 3.05) is 37.6 Å². The Morgan fingerprint density at radius 3 is 2.31 bits per heavy atom. The fourth-order valence-corrected chi connectivity index (χ4v) is 3.94. The molecule has 0 spiro atoms. The van der Waals surface area contributed by atoms with Crippen molar-refractivity contribution in [3.05, 3.63) is 23.6 Å². The molecular formula is C24H40FN5O2. The standard InChI is InChI=1S/C20H28FN5O2.2C2H6/c1-4-6-14(20(28)22-13-27)19-15-11-16(21)18(12-17(15)24(3)23-19)26-9-7-25(5-2)8-10-26;2*1-2/h11-14H,4-10H2,1-3H3,(H,22,27,28);2*1-2H3. The maximum atomic E-state index is 15.0. The van der Waals surface area contributed by atoms with Crippen LogP contribution in [-0.2, 0) is 16.6 Å². The first-order chi connectivity index (χ1) is 15.5. The molecule has 1 aliphatic rings. The first-order valence-corrected chi connectivity index (χ1v) is 11.9. The lowest BCUT2D eigenvalue weighted by molar-refractivity contribution is -0.126. The molecule has 2 heterocycles. The van der Waals surface area contributed by atoms with E-state index in [1.165, 1.54) is 6.07 Å². The van der Waals surface area contributed by atoms with Gasteiger partial charge >= 0.3 is 0 Å². The fraction of sp³-hybridized carbons (Fsp3) is 0.625. The van der Waals surface area contributed by atoms with Crippen molar-refractivity contribution in [3.8, 4) is 0 Å². The van der Waals surface area contributed by atoms with Gasteiger partial charge in [-0.05, 0) is 25.1 Å². The summed E-state index contributed by atoms with van der Waals surface area (Å²) >= 11 is 0. The van der Waals surface area contributed by atoms with Gasteiger partial charge in [-0.15, -0.1) is 0 Å². The molecule has 3 rings (SSSR count). The van der Waals surface area contributed by atoms with Gasteiger partial charge in [0.25, 0.3) is 0 Å². The molecule has 2 amide bonds. The zero-order valence-corrected chi connectivity index (χ0v) is 20.7. The number of nitrogens with zero attached hydrogens (tertiary/aromatic N) is 4. The number of carbonyl (C=O) groups excluding carboxylic acids is 2. The maximum absolute atomic E-state index is 15.0. The molecule has 180 valence electrons. The number of nitrogens with one attached hydrogen (secondary N) is 1. The number of piperazine rings is 1. The third-order valence-electron chi connectivity index (χ3n) is 5.53. The highest BCUT2D eigenvalue weighted by molar-refractivity contribution is 5.95. The van der Waals surface area contributed by atoms with Gasteiger partial charge in [0.05, 0.1) is 22.8 Å². The summed E-state index contributed by atoms with van der Waals surface area (Å²) in [4.78, 5) is 27.5. The van der Waals surface area contributed by atoms with Gasteiger partial charge in [0.2, 0.25) is 12.3 Å². The summed E-state index contributed by atoms with van der Waals surface area (Å²) < 4.78 is 16.7. The van der Waals surface area contributed by atoms with Crippen LogP contribution in [0.25, 0.3) is 10.9 Å². The van der Waals surface area contributed by atoms with E-state index in [9.17, 15) is 9.59 Å². The summed E-state index contributed by atoms with van der Waals surface area (Å²) in [6.07, 6.45) is 1.66. The van der Waals surface area contributed by atoms with E-state index in [0.717, 1.165) is 44.7 Å². The first kappa shape index (κ1) is 27.6. The van der Waals surface area contributed by atoms with Crippen LogP contribution >= 0.6 is 0 Å². The van der Waals surface area contributed by atoms with E-state index in [1.807, 2.05) is 40.7 Å². The van der Waals surface area contributed by atoms with Crippen LogP contribution in [0.4, 0.5) is 10.1 Å². The van der Waals surface area contributed by atoms with Gasteiger partial charge in [0, 0.05) is 38.6 Å². The van der Waals surface area contributed by atoms with E-state index in [-0.39, 0.29) is 5.82 Å². The van der Waals surface area contributed by atoms with Crippen molar-refractivity contribution < 1.29 is 14.0 Å². The molecule has 0 saturated carbocycles. The van der Waals surface area contributed by atoms with E-state index in [1.54, 1.807) is 11.7 Å². The van der Waals surface area contributed by atoms with E-state index in [2.05, 4.69) is 27.1 Å². The summed E-state index contributed by atoms with van der Waals surface area (Å²) in [5, 5.41) is 7.35. The molecule has 1 atom stereocenters. The molecule has 1 aromatic carbocycles. The smallest absolute Gasteiger partial charge is 0.235 e. The monoisotopic (exact) mass is 449 g/mol. The van der Waals surface area contributed by atoms with Crippen molar-refractivity contribution in [3.63, 3.8) is 0 Å². The predicted octanol–water partition coefficient (Wildman–Crippen LogP) is 4.06. The highest BCUT2D eigenvalue weighted by atomic mass is 19.1. The molecule has 8 heteroatoms. The number of rotatable bonds is 7. The molecule has 1 aromatic heterocycles. The van der Waals surface area contributed by atoms with Crippen LogP contribution in [0.5, 0.6) is 0 Å². The molecule has 1 unspecified atom stereocenters. The summed E-state index contributed by atoms with van der Waals surface area (Å²) in [5.74, 6) is -1.30. The van der Waals surface area contributed by atoms with Crippen LogP contribution in [0.1, 0.15) is 66.0 Å². The Labute approximate surface area is 191 Å². The molecule has 1 N–H and O–H groups in total. The molecule has 32 heavy (non-hydrogen) atoms. The van der Waals surface area contributed by atoms with Gasteiger partial charge < -0.3 is 9.80 Å². The van der Waals surface area contributed by atoms with E-state index >= 15 is 4.39 Å². The molecule has 2 aromatic rings. The summed E-state index contributed by atoms with van der Waals surface area (Å²) in [6, 6.07) is 3.31. The van der Waals surface area contributed by atoms with Gasteiger partial charge in [-0.3, -0.25) is 19.6 Å². The van der Waals surface area contributed by atoms with Crippen LogP contribution in [0.3, 0.4) is 0 Å². The number of fused-ring (bicyclic) bond motifs is 1. The molecule has 1 saturated heterocycles. The quantitative estimate of drug-likeness (QED) is 0.646. The zero-order chi connectivity index (χ0) is 24.3. The number of hydrogen-bond acceptors (Lipinski definition) is 5. The molecule has 1 aliphatic heterocycles. The third-order valence-corrected chi connectivity index (χ3v) is 5.53. The number of aromatic nitrogens is 2. The minimum absolute atomic E-state index is 0.308. The highest BCUT2D eigenvalue weighted by Crippen LogP contribution is 2.33. The molecule has 0 bridgehead atoms. The van der Waals surface area contributed by atoms with E-state index in [4.69, 9.17) is 0 Å². The second-order valence-electron chi connectivity index (χ2n) is 7.22. The normalized spacial score (nSPS) is 14.7. The maximum Gasteiger partial charge on any atom is 0.235 e. The summed E-state index contributed by atoms with van der Waals surface area (Å²) in [7, 11) is 1.79. The van der Waals surface area contributed by atoms with Gasteiger partial charge in [-0.25, -0.2) is 4.39 Å². The van der Waals surface area contributed by atoms with Crippen LogP contribution in [0.2, 0.25) is 0 Å². The Balaban J connectivity index is 0.00000121. The van der Waals surface area contributed by atoms with Crippen LogP contribution in [0.15, 0.2) is 12.1 Å². The van der Waals surface area contributed by atoms with Crippen LogP contribution < -0.4 is 10.2 Å². The fourth-order valence-electron chi connectivity index (χ4n) is 3.94. The number of hydrogen-bond donors (Lipinski definition) is 1. The summed E-state index contributed by atoms with van der Waals surface area (Å²) in [5.41, 5.74) is 1.87. The highest BCUT2D eigenvalue weighted by Gasteiger charge is 2.27. The van der Waals surface area contributed by atoms with Crippen molar-refractivity contribution in [2.45, 2.75) is 60.3 Å². The van der Waals surface area contributed by atoms with Crippen molar-refractivity contribution >= 4 is 28.9 Å². The van der Waals surface area contributed by atoms with E-state index < -0.39 is 11.8 Å². The Hall–Kier alpha value is -2.48. The number of aryl methyl sites for hydroxylation is 1. The van der Waals surface area contributed by atoms with Crippen LogP contribution in [0, 0.1) is 5.82 Å². The number of imide groups is 1. The third kappa shape index (κ3) is 6.28. The topological polar surface area (TPSA) is 70.5 Å². The molecule has 1 fully saturated rings. The molecule has 0 radical (unpaired) electrons. The lowest BCUT2D eigenvalue weighted by atomic mass is 9.96. The average Bonchev–Trinajstić information content (AvgIpc) is 3.14. The minimum Gasteiger partial charge on any atom is -0.367 e. The van der Waals surface area contributed by atoms with Gasteiger partial charge in [-0.2, -0.15) is 5.10 Å². The number of carbonyl (C=O) groups is 2. The lowest BCUT2D eigenvalue weighted by Crippen LogP contribution is -2.46. The summed E-state index contributed by atoms with van der Waals surface area (Å²) in [6.45, 7) is 16.5. The van der Waals surface area contributed by atoms with Gasteiger partial charge in [0.1, 0.15) is 5.82 Å². The van der Waals surface area contributed by atoms with Gasteiger partial charge in [0.15, 0.2) is 0 Å². The van der Waals surface area contributed by atoms with Gasteiger partial charge in [-0.1, -0.05) is 48.0 Å². The SMILES string of the molecule is CC.CC.CCCC(C(=O)NC=O)c1nn(C)c2cc(N3CCN(CC)CC3)c(F)cc12. The predicted molar refractivity (Wildman–Crippen MR) is 130 cm³/mol. The average molecular weight is 450 g/mol. The Bertz CT molecular complexity index is 860. The van der Waals surface area contributed by atoms with Crippen molar-refractivity contribution in [2.24, 2.45) is 7.05 Å². The van der Waals surface area contributed by atoms with Crippen molar-refractivity contribution in [1.29, 1.82) is 0 Å². The second kappa shape index (κ2) is 13.8.